The normalized spacial score (nSPS) is 15.4. The van der Waals surface area contributed by atoms with Crippen LogP contribution in [0.4, 0.5) is 0 Å². The molecule has 2 heterocycles. The number of aliphatic hydroxyl groups excluding tert-OH is 1. The zero-order valence-corrected chi connectivity index (χ0v) is 18.3. The van der Waals surface area contributed by atoms with E-state index in [1.165, 1.54) is 12.1 Å². The minimum Gasteiger partial charge on any atom is -0.504 e. The Kier molecular flexibility index (Phi) is 5.74. The maximum atomic E-state index is 10.9. The summed E-state index contributed by atoms with van der Waals surface area (Å²) in [6.45, 7) is 0. The van der Waals surface area contributed by atoms with Gasteiger partial charge in [-0.2, -0.15) is 0 Å². The van der Waals surface area contributed by atoms with E-state index in [0.29, 0.717) is 35.7 Å². The Morgan fingerprint density at radius 3 is 2.29 bits per heavy atom. The maximum absolute atomic E-state index is 10.9. The smallest absolute Gasteiger partial charge is 0.201 e. The summed E-state index contributed by atoms with van der Waals surface area (Å²) in [5, 5.41) is 41.8. The molecule has 0 amide bonds. The van der Waals surface area contributed by atoms with E-state index in [2.05, 4.69) is 0 Å². The van der Waals surface area contributed by atoms with Crippen LogP contribution in [-0.4, -0.2) is 20.4 Å². The Morgan fingerprint density at radius 2 is 1.47 bits per heavy atom. The van der Waals surface area contributed by atoms with Gasteiger partial charge in [0.1, 0.15) is 11.5 Å². The lowest BCUT2D eigenvalue weighted by Gasteiger charge is -2.17. The molecule has 6 nitrogen and oxygen atoms in total. The van der Waals surface area contributed by atoms with Crippen molar-refractivity contribution in [2.24, 2.45) is 0 Å². The lowest BCUT2D eigenvalue weighted by atomic mass is 10.00. The van der Waals surface area contributed by atoms with Gasteiger partial charge in [-0.1, -0.05) is 36.4 Å². The summed E-state index contributed by atoms with van der Waals surface area (Å²) in [7, 11) is 0. The summed E-state index contributed by atoms with van der Waals surface area (Å²) in [4.78, 5) is 0. The molecule has 2 aliphatic heterocycles. The minimum absolute atomic E-state index is 0.0596. The number of para-hydroxylation sites is 1. The van der Waals surface area contributed by atoms with Crippen molar-refractivity contribution in [1.29, 1.82) is 0 Å². The quantitative estimate of drug-likeness (QED) is 0.251. The number of hydrogen-bond donors (Lipinski definition) is 4. The van der Waals surface area contributed by atoms with Crippen LogP contribution in [0.15, 0.2) is 78.9 Å². The number of aromatic hydroxyl groups is 3. The zero-order valence-electron chi connectivity index (χ0n) is 18.3. The summed E-state index contributed by atoms with van der Waals surface area (Å²) in [6, 6.07) is 22.8. The molecule has 0 radical (unpaired) electrons. The van der Waals surface area contributed by atoms with Gasteiger partial charge in [-0.25, -0.2) is 0 Å². The standard InChI is InChI=1S/C28H24O6/c29-23-6-2-4-19-10-7-17-8-11-21(12-9-17)33-26-16-20(15-25(31)27(26)32)24(30)14-18-3-1-5-22(13-18)34-28(19)23/h1-6,8-9,11-13,15-16,24,29-32H,7,10,14H2/t24-/m1/s1. The van der Waals surface area contributed by atoms with Gasteiger partial charge in [-0.15, -0.1) is 0 Å². The molecule has 0 aromatic heterocycles. The molecule has 172 valence electrons. The van der Waals surface area contributed by atoms with E-state index in [1.54, 1.807) is 36.4 Å². The Labute approximate surface area is 196 Å². The molecule has 0 unspecified atom stereocenters. The van der Waals surface area contributed by atoms with Crippen molar-refractivity contribution in [2.45, 2.75) is 25.4 Å². The van der Waals surface area contributed by atoms with Crippen molar-refractivity contribution >= 4 is 0 Å². The number of benzene rings is 4. The average Bonchev–Trinajstić information content (AvgIpc) is 2.83. The van der Waals surface area contributed by atoms with E-state index >= 15 is 0 Å². The molecule has 2 aliphatic rings. The lowest BCUT2D eigenvalue weighted by molar-refractivity contribution is 0.177. The molecular weight excluding hydrogens is 432 g/mol. The summed E-state index contributed by atoms with van der Waals surface area (Å²) in [5.74, 6) is 0.797. The van der Waals surface area contributed by atoms with Gasteiger partial charge >= 0.3 is 0 Å². The molecule has 4 aromatic carbocycles. The molecular formula is C28H24O6. The van der Waals surface area contributed by atoms with Gasteiger partial charge < -0.3 is 29.9 Å². The Bertz CT molecular complexity index is 1330. The van der Waals surface area contributed by atoms with Crippen LogP contribution >= 0.6 is 0 Å². The van der Waals surface area contributed by atoms with Gasteiger partial charge in [0.05, 0.1) is 6.10 Å². The van der Waals surface area contributed by atoms with Crippen LogP contribution in [0, 0.1) is 0 Å². The summed E-state index contributed by atoms with van der Waals surface area (Å²) in [5.41, 5.74) is 3.13. The zero-order chi connectivity index (χ0) is 23.7. The topological polar surface area (TPSA) is 99.4 Å². The first kappa shape index (κ1) is 21.7. The SMILES string of the molecule is Oc1cc2cc(c1O)Oc1ccc(cc1)CCc1cccc(O)c1Oc1cccc(c1)C[C@H]2O. The molecule has 4 N–H and O–H groups in total. The van der Waals surface area contributed by atoms with Crippen molar-refractivity contribution < 1.29 is 29.9 Å². The highest BCUT2D eigenvalue weighted by atomic mass is 16.5. The van der Waals surface area contributed by atoms with Crippen molar-refractivity contribution in [3.8, 4) is 40.2 Å². The fourth-order valence-corrected chi connectivity index (χ4v) is 4.10. The van der Waals surface area contributed by atoms with Crippen LogP contribution in [0.1, 0.15) is 28.4 Å². The molecule has 6 bridgehead atoms. The molecule has 6 heteroatoms. The highest BCUT2D eigenvalue weighted by Crippen LogP contribution is 2.41. The van der Waals surface area contributed by atoms with E-state index in [9.17, 15) is 20.4 Å². The third-order valence-corrected chi connectivity index (χ3v) is 5.92. The molecule has 0 saturated heterocycles. The van der Waals surface area contributed by atoms with Gasteiger partial charge in [0.15, 0.2) is 23.0 Å². The van der Waals surface area contributed by atoms with Crippen molar-refractivity contribution in [2.75, 3.05) is 0 Å². The maximum Gasteiger partial charge on any atom is 0.201 e. The predicted octanol–water partition coefficient (Wildman–Crippen LogP) is 5.76. The third kappa shape index (κ3) is 4.49. The van der Waals surface area contributed by atoms with Crippen LogP contribution in [0.3, 0.4) is 0 Å². The first-order valence-electron chi connectivity index (χ1n) is 11.0. The molecule has 4 aromatic rings. The molecule has 0 spiro atoms. The molecule has 34 heavy (non-hydrogen) atoms. The predicted molar refractivity (Wildman–Crippen MR) is 127 cm³/mol. The largest absolute Gasteiger partial charge is 0.504 e. The van der Waals surface area contributed by atoms with Gasteiger partial charge in [0.2, 0.25) is 5.75 Å². The number of rotatable bonds is 0. The van der Waals surface area contributed by atoms with Gasteiger partial charge in [0.25, 0.3) is 0 Å². The third-order valence-electron chi connectivity index (χ3n) is 5.92. The van der Waals surface area contributed by atoms with E-state index in [1.807, 2.05) is 30.3 Å². The number of aliphatic hydroxyl groups is 1. The monoisotopic (exact) mass is 456 g/mol. The average molecular weight is 456 g/mol. The molecule has 1 atom stereocenters. The number of phenolic OH excluding ortho intramolecular Hbond substituents is 3. The van der Waals surface area contributed by atoms with Crippen molar-refractivity contribution in [1.82, 2.24) is 0 Å². The summed E-state index contributed by atoms with van der Waals surface area (Å²) >= 11 is 0. The minimum atomic E-state index is -0.967. The lowest BCUT2D eigenvalue weighted by Crippen LogP contribution is -2.03. The van der Waals surface area contributed by atoms with Crippen molar-refractivity contribution in [3.63, 3.8) is 0 Å². The first-order chi connectivity index (χ1) is 16.5. The van der Waals surface area contributed by atoms with E-state index in [-0.39, 0.29) is 29.4 Å². The molecule has 6 rings (SSSR count). The molecule has 0 saturated carbocycles. The van der Waals surface area contributed by atoms with Crippen LogP contribution < -0.4 is 9.47 Å². The second kappa shape index (κ2) is 9.00. The Hall–Kier alpha value is -4.16. The number of phenols is 3. The van der Waals surface area contributed by atoms with Crippen molar-refractivity contribution in [3.05, 3.63) is 101 Å². The van der Waals surface area contributed by atoms with Gasteiger partial charge in [0, 0.05) is 6.42 Å². The number of hydrogen-bond acceptors (Lipinski definition) is 6. The number of fused-ring (bicyclic) bond motifs is 4. The number of aryl methyl sites for hydroxylation is 2. The number of ether oxygens (including phenoxy) is 2. The Balaban J connectivity index is 1.58. The highest BCUT2D eigenvalue weighted by Gasteiger charge is 2.18. The van der Waals surface area contributed by atoms with Crippen LogP contribution in [-0.2, 0) is 19.3 Å². The van der Waals surface area contributed by atoms with E-state index in [4.69, 9.17) is 9.47 Å². The Morgan fingerprint density at radius 1 is 0.676 bits per heavy atom. The van der Waals surface area contributed by atoms with Gasteiger partial charge in [-0.3, -0.25) is 0 Å². The van der Waals surface area contributed by atoms with Gasteiger partial charge in [-0.05, 0) is 77.6 Å². The highest BCUT2D eigenvalue weighted by molar-refractivity contribution is 5.54. The van der Waals surface area contributed by atoms with E-state index in [0.717, 1.165) is 16.7 Å². The molecule has 0 aliphatic carbocycles. The van der Waals surface area contributed by atoms with Crippen LogP contribution in [0.2, 0.25) is 0 Å². The fraction of sp³-hybridized carbons (Fsp3) is 0.143. The second-order valence-corrected chi connectivity index (χ2v) is 8.37. The summed E-state index contributed by atoms with van der Waals surface area (Å²) < 4.78 is 11.9. The first-order valence-corrected chi connectivity index (χ1v) is 11.0. The molecule has 0 fully saturated rings. The summed E-state index contributed by atoms with van der Waals surface area (Å²) in [6.07, 6.45) is 0.641. The fourth-order valence-electron chi connectivity index (χ4n) is 4.10. The van der Waals surface area contributed by atoms with Crippen LogP contribution in [0.25, 0.3) is 0 Å². The van der Waals surface area contributed by atoms with Crippen LogP contribution in [0.5, 0.6) is 40.2 Å². The second-order valence-electron chi connectivity index (χ2n) is 8.37. The van der Waals surface area contributed by atoms with E-state index < -0.39 is 6.10 Å².